The minimum Gasteiger partial charge on any atom is -0.383 e. The van der Waals surface area contributed by atoms with Gasteiger partial charge in [-0.25, -0.2) is 18.1 Å². The summed E-state index contributed by atoms with van der Waals surface area (Å²) >= 11 is 1.39. The summed E-state index contributed by atoms with van der Waals surface area (Å²) in [5.41, 5.74) is 0.832. The third-order valence-corrected chi connectivity index (χ3v) is 5.43. The quantitative estimate of drug-likeness (QED) is 0.778. The maximum atomic E-state index is 12.2. The van der Waals surface area contributed by atoms with E-state index in [-0.39, 0.29) is 23.5 Å². The van der Waals surface area contributed by atoms with Crippen molar-refractivity contribution in [1.29, 1.82) is 0 Å². The fourth-order valence-electron chi connectivity index (χ4n) is 2.00. The molecule has 0 aliphatic carbocycles. The van der Waals surface area contributed by atoms with Crippen molar-refractivity contribution >= 4 is 33.0 Å². The van der Waals surface area contributed by atoms with Crippen molar-refractivity contribution in [2.75, 3.05) is 19.0 Å². The Labute approximate surface area is 145 Å². The number of benzene rings is 1. The number of ether oxygens (including phenoxy) is 1. The number of methoxy groups -OCH3 is 1. The number of amides is 1. The van der Waals surface area contributed by atoms with Crippen molar-refractivity contribution in [1.82, 2.24) is 9.71 Å². The first-order valence-electron chi connectivity index (χ1n) is 7.16. The Morgan fingerprint density at radius 3 is 2.54 bits per heavy atom. The van der Waals surface area contributed by atoms with Crippen molar-refractivity contribution < 1.29 is 17.9 Å². The van der Waals surface area contributed by atoms with Gasteiger partial charge in [-0.3, -0.25) is 4.79 Å². The predicted octanol–water partition coefficient (Wildman–Crippen LogP) is 2.02. The number of hydrogen-bond donors (Lipinski definition) is 2. The first-order valence-corrected chi connectivity index (χ1v) is 9.53. The van der Waals surface area contributed by atoms with Gasteiger partial charge in [0.1, 0.15) is 5.69 Å². The molecule has 1 amide bonds. The first kappa shape index (κ1) is 18.5. The molecule has 2 aromatic rings. The van der Waals surface area contributed by atoms with Crippen molar-refractivity contribution in [2.45, 2.75) is 24.8 Å². The van der Waals surface area contributed by atoms with Crippen LogP contribution in [0.2, 0.25) is 0 Å². The lowest BCUT2D eigenvalue weighted by atomic mass is 10.3. The largest absolute Gasteiger partial charge is 0.383 e. The molecule has 9 heteroatoms. The number of rotatable bonds is 7. The molecule has 0 saturated heterocycles. The van der Waals surface area contributed by atoms with E-state index in [9.17, 15) is 13.2 Å². The van der Waals surface area contributed by atoms with Crippen LogP contribution < -0.4 is 10.0 Å². The minimum atomic E-state index is -3.63. The van der Waals surface area contributed by atoms with Crippen LogP contribution in [0, 0.1) is 6.92 Å². The Kier molecular flexibility index (Phi) is 6.05. The molecule has 2 rings (SSSR count). The average Bonchev–Trinajstić information content (AvgIpc) is 2.94. The maximum Gasteiger partial charge on any atom is 0.275 e. The standard InChI is InChI=1S/C15H19N3O4S2/c1-10(8-22-3)18-24(20,21)13-6-4-12(5-7-13)17-15(19)14-9-23-11(2)16-14/h4-7,9-10,18H,8H2,1-3H3,(H,17,19). The van der Waals surface area contributed by atoms with Gasteiger partial charge in [0.2, 0.25) is 10.0 Å². The van der Waals surface area contributed by atoms with Crippen LogP contribution in [0.15, 0.2) is 34.5 Å². The average molecular weight is 369 g/mol. The van der Waals surface area contributed by atoms with E-state index in [2.05, 4.69) is 15.0 Å². The van der Waals surface area contributed by atoms with Crippen LogP contribution in [0.1, 0.15) is 22.4 Å². The van der Waals surface area contributed by atoms with E-state index in [1.54, 1.807) is 12.3 Å². The van der Waals surface area contributed by atoms with Gasteiger partial charge in [-0.05, 0) is 38.1 Å². The van der Waals surface area contributed by atoms with E-state index in [0.29, 0.717) is 11.4 Å². The van der Waals surface area contributed by atoms with Gasteiger partial charge in [-0.2, -0.15) is 0 Å². The molecule has 1 atom stereocenters. The molecular formula is C15H19N3O4S2. The van der Waals surface area contributed by atoms with Crippen LogP contribution in [-0.4, -0.2) is 39.1 Å². The van der Waals surface area contributed by atoms with Crippen molar-refractivity contribution in [3.8, 4) is 0 Å². The number of nitrogens with one attached hydrogen (secondary N) is 2. The number of aromatic nitrogens is 1. The zero-order chi connectivity index (χ0) is 17.7. The van der Waals surface area contributed by atoms with E-state index in [0.717, 1.165) is 5.01 Å². The number of carbonyl (C=O) groups is 1. The van der Waals surface area contributed by atoms with Crippen molar-refractivity contribution in [3.63, 3.8) is 0 Å². The van der Waals surface area contributed by atoms with E-state index in [1.165, 1.54) is 42.7 Å². The highest BCUT2D eigenvalue weighted by Crippen LogP contribution is 2.16. The summed E-state index contributed by atoms with van der Waals surface area (Å²) in [6.07, 6.45) is 0. The third-order valence-electron chi connectivity index (χ3n) is 3.05. The molecule has 0 saturated carbocycles. The van der Waals surface area contributed by atoms with Crippen LogP contribution >= 0.6 is 11.3 Å². The molecule has 0 spiro atoms. The SMILES string of the molecule is COCC(C)NS(=O)(=O)c1ccc(NC(=O)c2csc(C)n2)cc1. The fraction of sp³-hybridized carbons (Fsp3) is 0.333. The van der Waals surface area contributed by atoms with Gasteiger partial charge in [0.25, 0.3) is 5.91 Å². The second-order valence-electron chi connectivity index (χ2n) is 5.21. The Balaban J connectivity index is 2.06. The summed E-state index contributed by atoms with van der Waals surface area (Å²) in [4.78, 5) is 16.2. The number of nitrogens with zero attached hydrogens (tertiary/aromatic N) is 1. The summed E-state index contributed by atoms with van der Waals surface area (Å²) in [6, 6.07) is 5.60. The normalized spacial score (nSPS) is 12.8. The monoisotopic (exact) mass is 369 g/mol. The minimum absolute atomic E-state index is 0.118. The third kappa shape index (κ3) is 4.84. The first-order chi connectivity index (χ1) is 11.3. The van der Waals surface area contributed by atoms with E-state index in [1.807, 2.05) is 6.92 Å². The van der Waals surface area contributed by atoms with E-state index >= 15 is 0 Å². The van der Waals surface area contributed by atoms with Crippen LogP contribution in [0.5, 0.6) is 0 Å². The predicted molar refractivity (Wildman–Crippen MR) is 92.9 cm³/mol. The number of aryl methyl sites for hydroxylation is 1. The molecule has 1 aromatic carbocycles. The molecule has 1 unspecified atom stereocenters. The molecule has 0 radical (unpaired) electrons. The lowest BCUT2D eigenvalue weighted by Gasteiger charge is -2.13. The van der Waals surface area contributed by atoms with Gasteiger partial charge in [0.15, 0.2) is 0 Å². The van der Waals surface area contributed by atoms with Crippen molar-refractivity contribution in [2.24, 2.45) is 0 Å². The van der Waals surface area contributed by atoms with Crippen LogP contribution in [-0.2, 0) is 14.8 Å². The van der Waals surface area contributed by atoms with Crippen LogP contribution in [0.25, 0.3) is 0 Å². The fourth-order valence-corrected chi connectivity index (χ4v) is 3.82. The van der Waals surface area contributed by atoms with Gasteiger partial charge in [0, 0.05) is 24.2 Å². The summed E-state index contributed by atoms with van der Waals surface area (Å²) in [7, 11) is -2.12. The van der Waals surface area contributed by atoms with Gasteiger partial charge in [0.05, 0.1) is 16.5 Å². The van der Waals surface area contributed by atoms with E-state index < -0.39 is 10.0 Å². The van der Waals surface area contributed by atoms with E-state index in [4.69, 9.17) is 4.74 Å². The zero-order valence-electron chi connectivity index (χ0n) is 13.6. The molecule has 1 heterocycles. The molecule has 0 fully saturated rings. The number of anilines is 1. The topological polar surface area (TPSA) is 97.4 Å². The molecule has 130 valence electrons. The zero-order valence-corrected chi connectivity index (χ0v) is 15.2. The van der Waals surface area contributed by atoms with Gasteiger partial charge < -0.3 is 10.1 Å². The second-order valence-corrected chi connectivity index (χ2v) is 7.98. The van der Waals surface area contributed by atoms with Gasteiger partial charge in [-0.15, -0.1) is 11.3 Å². The molecule has 24 heavy (non-hydrogen) atoms. The Bertz CT molecular complexity index is 800. The number of sulfonamides is 1. The molecule has 0 bridgehead atoms. The Morgan fingerprint density at radius 2 is 2.00 bits per heavy atom. The number of carbonyl (C=O) groups excluding carboxylic acids is 1. The van der Waals surface area contributed by atoms with Gasteiger partial charge >= 0.3 is 0 Å². The summed E-state index contributed by atoms with van der Waals surface area (Å²) in [5, 5.41) is 5.16. The van der Waals surface area contributed by atoms with Crippen LogP contribution in [0.4, 0.5) is 5.69 Å². The summed E-state index contributed by atoms with van der Waals surface area (Å²) in [6.45, 7) is 3.81. The second kappa shape index (κ2) is 7.84. The summed E-state index contributed by atoms with van der Waals surface area (Å²) in [5.74, 6) is -0.332. The van der Waals surface area contributed by atoms with Gasteiger partial charge in [-0.1, -0.05) is 0 Å². The highest BCUT2D eigenvalue weighted by atomic mass is 32.2. The molecule has 7 nitrogen and oxygen atoms in total. The number of thiazole rings is 1. The Morgan fingerprint density at radius 1 is 1.33 bits per heavy atom. The molecule has 1 aromatic heterocycles. The Hall–Kier alpha value is -1.81. The van der Waals surface area contributed by atoms with Crippen molar-refractivity contribution in [3.05, 3.63) is 40.3 Å². The molecule has 0 aliphatic heterocycles. The smallest absolute Gasteiger partial charge is 0.275 e. The molecular weight excluding hydrogens is 350 g/mol. The molecule has 2 N–H and O–H groups in total. The number of hydrogen-bond acceptors (Lipinski definition) is 6. The molecule has 0 aliphatic rings. The lowest BCUT2D eigenvalue weighted by molar-refractivity contribution is 0.102. The highest BCUT2D eigenvalue weighted by molar-refractivity contribution is 7.89. The highest BCUT2D eigenvalue weighted by Gasteiger charge is 2.17. The maximum absolute atomic E-state index is 12.2. The lowest BCUT2D eigenvalue weighted by Crippen LogP contribution is -2.35. The summed E-state index contributed by atoms with van der Waals surface area (Å²) < 4.78 is 31.9. The van der Waals surface area contributed by atoms with Crippen LogP contribution in [0.3, 0.4) is 0 Å².